The number of phenolic OH excluding ortho intramolecular Hbond substituents is 1. The second-order valence-corrected chi connectivity index (χ2v) is 8.16. The summed E-state index contributed by atoms with van der Waals surface area (Å²) in [6.07, 6.45) is 0.0134. The number of carbonyl (C=O) groups is 5. The topological polar surface area (TPSA) is 278 Å². The fourth-order valence-electron chi connectivity index (χ4n) is 3.14. The molecule has 4 amide bonds. The van der Waals surface area contributed by atoms with E-state index >= 15 is 0 Å². The van der Waals surface area contributed by atoms with Gasteiger partial charge in [-0.25, -0.2) is 0 Å². The van der Waals surface area contributed by atoms with E-state index in [1.54, 1.807) is 12.1 Å². The molecule has 0 radical (unpaired) electrons. The van der Waals surface area contributed by atoms with Crippen molar-refractivity contribution in [1.82, 2.24) is 16.0 Å². The number of aromatic hydroxyl groups is 1. The minimum Gasteiger partial charge on any atom is -0.508 e. The van der Waals surface area contributed by atoms with Gasteiger partial charge in [0.05, 0.1) is 6.04 Å². The van der Waals surface area contributed by atoms with Gasteiger partial charge in [0.25, 0.3) is 0 Å². The number of nitrogens with one attached hydrogen (secondary N) is 3. The molecule has 15 nitrogen and oxygen atoms in total. The maximum atomic E-state index is 13.0. The molecule has 15 heteroatoms. The number of primary amides is 1. The Hall–Kier alpha value is -4.40. The van der Waals surface area contributed by atoms with Crippen molar-refractivity contribution in [1.29, 1.82) is 0 Å². The van der Waals surface area contributed by atoms with Crippen molar-refractivity contribution in [2.45, 2.75) is 50.2 Å². The van der Waals surface area contributed by atoms with E-state index in [1.165, 1.54) is 12.1 Å². The molecule has 0 aliphatic rings. The number of hydrogen-bond donors (Lipinski definition) is 9. The maximum Gasteiger partial charge on any atom is 0.322 e. The van der Waals surface area contributed by atoms with E-state index < -0.39 is 54.3 Å². The van der Waals surface area contributed by atoms with Crippen molar-refractivity contribution >= 4 is 35.6 Å². The summed E-state index contributed by atoms with van der Waals surface area (Å²) in [5.74, 6) is -4.39. The Morgan fingerprint density at radius 2 is 1.49 bits per heavy atom. The van der Waals surface area contributed by atoms with Crippen LogP contribution >= 0.6 is 0 Å². The Morgan fingerprint density at radius 1 is 0.892 bits per heavy atom. The van der Waals surface area contributed by atoms with Gasteiger partial charge in [-0.05, 0) is 43.4 Å². The monoisotopic (exact) mass is 522 g/mol. The predicted octanol–water partition coefficient (Wildman–Crippen LogP) is -3.25. The van der Waals surface area contributed by atoms with Gasteiger partial charge in [0, 0.05) is 13.0 Å². The number of hydrogen-bond acceptors (Lipinski definition) is 8. The first kappa shape index (κ1) is 30.6. The molecular weight excluding hydrogens is 488 g/mol. The minimum atomic E-state index is -1.30. The van der Waals surface area contributed by atoms with Crippen LogP contribution in [0.3, 0.4) is 0 Å². The van der Waals surface area contributed by atoms with E-state index in [9.17, 15) is 29.1 Å². The Kier molecular flexibility index (Phi) is 12.9. The van der Waals surface area contributed by atoms with Crippen LogP contribution in [0.15, 0.2) is 29.3 Å². The van der Waals surface area contributed by atoms with Crippen LogP contribution in [0.4, 0.5) is 0 Å². The van der Waals surface area contributed by atoms with Crippen LogP contribution in [0.25, 0.3) is 0 Å². The number of aliphatic carboxylic acids is 1. The molecule has 0 fully saturated rings. The van der Waals surface area contributed by atoms with E-state index in [2.05, 4.69) is 20.9 Å². The van der Waals surface area contributed by atoms with Gasteiger partial charge in [0.15, 0.2) is 5.96 Å². The van der Waals surface area contributed by atoms with Gasteiger partial charge in [-0.1, -0.05) is 12.1 Å². The average Bonchev–Trinajstić information content (AvgIpc) is 2.82. The number of nitrogens with zero attached hydrogens (tertiary/aromatic N) is 1. The molecule has 1 aromatic rings. The van der Waals surface area contributed by atoms with Crippen molar-refractivity contribution in [2.24, 2.45) is 27.9 Å². The number of amides is 4. The summed E-state index contributed by atoms with van der Waals surface area (Å²) in [5, 5.41) is 25.3. The number of carboxylic acid groups (broad SMARTS) is 1. The maximum absolute atomic E-state index is 13.0. The van der Waals surface area contributed by atoms with E-state index in [0.717, 1.165) is 0 Å². The Balaban J connectivity index is 2.96. The molecule has 37 heavy (non-hydrogen) atoms. The zero-order valence-electron chi connectivity index (χ0n) is 20.2. The highest BCUT2D eigenvalue weighted by Gasteiger charge is 2.28. The average molecular weight is 523 g/mol. The van der Waals surface area contributed by atoms with E-state index in [1.807, 2.05) is 0 Å². The van der Waals surface area contributed by atoms with Crippen molar-refractivity contribution in [2.75, 3.05) is 13.1 Å². The molecule has 0 heterocycles. The van der Waals surface area contributed by atoms with Gasteiger partial charge < -0.3 is 49.1 Å². The number of carbonyl (C=O) groups excluding carboxylic acids is 4. The van der Waals surface area contributed by atoms with Crippen LogP contribution in [0, 0.1) is 0 Å². The lowest BCUT2D eigenvalue weighted by Crippen LogP contribution is -2.56. The summed E-state index contributed by atoms with van der Waals surface area (Å²) in [7, 11) is 0. The first-order chi connectivity index (χ1) is 17.4. The molecule has 0 saturated heterocycles. The van der Waals surface area contributed by atoms with E-state index in [0.29, 0.717) is 5.56 Å². The van der Waals surface area contributed by atoms with Gasteiger partial charge >= 0.3 is 5.97 Å². The van der Waals surface area contributed by atoms with Crippen molar-refractivity contribution in [3.8, 4) is 5.75 Å². The van der Waals surface area contributed by atoms with Gasteiger partial charge in [-0.3, -0.25) is 29.0 Å². The summed E-state index contributed by atoms with van der Waals surface area (Å²) < 4.78 is 0. The number of rotatable bonds is 16. The molecule has 204 valence electrons. The third kappa shape index (κ3) is 12.7. The number of aliphatic imine (C=N–C) groups is 1. The molecule has 0 aliphatic carbocycles. The number of phenols is 1. The molecule has 3 unspecified atom stereocenters. The Morgan fingerprint density at radius 3 is 2.05 bits per heavy atom. The predicted molar refractivity (Wildman–Crippen MR) is 133 cm³/mol. The SMILES string of the molecule is NC(=O)CCC(NC(=O)C(CCCN=C(N)N)NC(=O)C(N)Cc1ccc(O)cc1)C(=O)NCC(=O)O. The molecule has 0 aliphatic heterocycles. The molecule has 13 N–H and O–H groups in total. The lowest BCUT2D eigenvalue weighted by molar-refractivity contribution is -0.138. The van der Waals surface area contributed by atoms with Crippen LogP contribution in [-0.2, 0) is 30.4 Å². The highest BCUT2D eigenvalue weighted by molar-refractivity contribution is 5.94. The summed E-state index contributed by atoms with van der Waals surface area (Å²) >= 11 is 0. The standard InChI is InChI=1S/C22H34N8O7/c23-14(10-12-3-5-13(31)6-4-12)19(35)29-15(2-1-9-27-22(25)26)21(37)30-16(7-8-17(24)32)20(36)28-11-18(33)34/h3-6,14-16,31H,1-2,7-11,23H2,(H2,24,32)(H,28,36)(H,29,35)(H,30,37)(H,33,34)(H4,25,26,27). The van der Waals surface area contributed by atoms with Crippen LogP contribution in [-0.4, -0.2) is 77.0 Å². The number of carboxylic acids is 1. The highest BCUT2D eigenvalue weighted by Crippen LogP contribution is 2.11. The number of nitrogens with two attached hydrogens (primary N) is 4. The lowest BCUT2D eigenvalue weighted by atomic mass is 10.0. The molecular formula is C22H34N8O7. The smallest absolute Gasteiger partial charge is 0.322 e. The van der Waals surface area contributed by atoms with Gasteiger partial charge in [-0.2, -0.15) is 0 Å². The van der Waals surface area contributed by atoms with Gasteiger partial charge in [0.2, 0.25) is 23.6 Å². The lowest BCUT2D eigenvalue weighted by Gasteiger charge is -2.24. The molecule has 1 rings (SSSR count). The third-order valence-electron chi connectivity index (χ3n) is 5.03. The van der Waals surface area contributed by atoms with E-state index in [-0.39, 0.29) is 50.4 Å². The first-order valence-corrected chi connectivity index (χ1v) is 11.4. The molecule has 0 aromatic heterocycles. The summed E-state index contributed by atoms with van der Waals surface area (Å²) in [6.45, 7) is -0.543. The Bertz CT molecular complexity index is 980. The Labute approximate surface area is 213 Å². The van der Waals surface area contributed by atoms with Crippen LogP contribution in [0.5, 0.6) is 5.75 Å². The van der Waals surface area contributed by atoms with Crippen molar-refractivity contribution in [3.05, 3.63) is 29.8 Å². The highest BCUT2D eigenvalue weighted by atomic mass is 16.4. The largest absolute Gasteiger partial charge is 0.508 e. The van der Waals surface area contributed by atoms with Crippen LogP contribution in [0.2, 0.25) is 0 Å². The molecule has 0 saturated carbocycles. The summed E-state index contributed by atoms with van der Waals surface area (Å²) in [5.41, 5.74) is 22.4. The second kappa shape index (κ2) is 15.6. The van der Waals surface area contributed by atoms with Crippen LogP contribution in [0.1, 0.15) is 31.2 Å². The zero-order chi connectivity index (χ0) is 28.0. The minimum absolute atomic E-state index is 0.0533. The third-order valence-corrected chi connectivity index (χ3v) is 5.03. The first-order valence-electron chi connectivity index (χ1n) is 11.4. The quantitative estimate of drug-likeness (QED) is 0.0593. The molecule has 0 spiro atoms. The molecule has 1 aromatic carbocycles. The van der Waals surface area contributed by atoms with Gasteiger partial charge in [0.1, 0.15) is 24.4 Å². The molecule has 0 bridgehead atoms. The molecule has 3 atom stereocenters. The normalized spacial score (nSPS) is 12.9. The fourth-order valence-corrected chi connectivity index (χ4v) is 3.14. The van der Waals surface area contributed by atoms with Crippen LogP contribution < -0.4 is 38.9 Å². The zero-order valence-corrected chi connectivity index (χ0v) is 20.2. The number of benzene rings is 1. The van der Waals surface area contributed by atoms with E-state index in [4.69, 9.17) is 28.0 Å². The summed E-state index contributed by atoms with van der Waals surface area (Å²) in [6, 6.07) is 2.60. The van der Waals surface area contributed by atoms with Crippen molar-refractivity contribution < 1.29 is 34.2 Å². The second-order valence-electron chi connectivity index (χ2n) is 8.16. The van der Waals surface area contributed by atoms with Crippen molar-refractivity contribution in [3.63, 3.8) is 0 Å². The summed E-state index contributed by atoms with van der Waals surface area (Å²) in [4.78, 5) is 64.0. The van der Waals surface area contributed by atoms with Gasteiger partial charge in [-0.15, -0.1) is 0 Å². The number of guanidine groups is 1. The fraction of sp³-hybridized carbons (Fsp3) is 0.455.